The number of likely N-dealkylation sites (tertiary alicyclic amines) is 1. The Bertz CT molecular complexity index is 122. The van der Waals surface area contributed by atoms with Gasteiger partial charge in [-0.3, -0.25) is 0 Å². The SMILES string of the molecule is CC(=S)N1CCC(C)C1. The molecule has 1 heterocycles. The van der Waals surface area contributed by atoms with Crippen molar-refractivity contribution in [1.29, 1.82) is 0 Å². The third-order valence-electron chi connectivity index (χ3n) is 1.87. The molecule has 1 atom stereocenters. The normalized spacial score (nSPS) is 26.9. The molecule has 1 unspecified atom stereocenters. The lowest BCUT2D eigenvalue weighted by molar-refractivity contribution is 0.500. The van der Waals surface area contributed by atoms with Crippen LogP contribution in [0.1, 0.15) is 20.3 Å². The monoisotopic (exact) mass is 143 g/mol. The van der Waals surface area contributed by atoms with Crippen LogP contribution in [0.3, 0.4) is 0 Å². The van der Waals surface area contributed by atoms with E-state index in [1.54, 1.807) is 0 Å². The van der Waals surface area contributed by atoms with Crippen molar-refractivity contribution < 1.29 is 0 Å². The van der Waals surface area contributed by atoms with Crippen molar-refractivity contribution in [1.82, 2.24) is 4.90 Å². The molecule has 0 amide bonds. The van der Waals surface area contributed by atoms with E-state index in [2.05, 4.69) is 11.8 Å². The molecule has 2 heteroatoms. The summed E-state index contributed by atoms with van der Waals surface area (Å²) < 4.78 is 0. The van der Waals surface area contributed by atoms with Crippen molar-refractivity contribution in [2.45, 2.75) is 20.3 Å². The second-order valence-electron chi connectivity index (χ2n) is 2.86. The molecule has 1 nitrogen and oxygen atoms in total. The summed E-state index contributed by atoms with van der Waals surface area (Å²) in [4.78, 5) is 3.33. The molecule has 0 N–H and O–H groups in total. The Morgan fingerprint density at radius 2 is 2.33 bits per heavy atom. The van der Waals surface area contributed by atoms with Gasteiger partial charge in [-0.25, -0.2) is 0 Å². The van der Waals surface area contributed by atoms with Gasteiger partial charge in [0.2, 0.25) is 0 Å². The molecule has 0 bridgehead atoms. The van der Waals surface area contributed by atoms with Crippen molar-refractivity contribution in [3.63, 3.8) is 0 Å². The molecule has 52 valence electrons. The molecule has 0 radical (unpaired) electrons. The molecule has 0 aliphatic carbocycles. The fourth-order valence-electron chi connectivity index (χ4n) is 1.22. The highest BCUT2D eigenvalue weighted by Crippen LogP contribution is 2.14. The van der Waals surface area contributed by atoms with Gasteiger partial charge in [0.25, 0.3) is 0 Å². The Labute approximate surface area is 62.0 Å². The predicted molar refractivity (Wildman–Crippen MR) is 43.6 cm³/mol. The minimum absolute atomic E-state index is 0.850. The van der Waals surface area contributed by atoms with Gasteiger partial charge in [-0.05, 0) is 19.3 Å². The summed E-state index contributed by atoms with van der Waals surface area (Å²) in [6, 6.07) is 0. The Balaban J connectivity index is 2.39. The van der Waals surface area contributed by atoms with E-state index in [9.17, 15) is 0 Å². The first-order valence-electron chi connectivity index (χ1n) is 3.45. The fourth-order valence-corrected chi connectivity index (χ4v) is 1.39. The zero-order chi connectivity index (χ0) is 6.85. The maximum atomic E-state index is 5.03. The minimum atomic E-state index is 0.850. The van der Waals surface area contributed by atoms with Gasteiger partial charge in [0.1, 0.15) is 0 Å². The van der Waals surface area contributed by atoms with Crippen molar-refractivity contribution in [3.8, 4) is 0 Å². The van der Waals surface area contributed by atoms with Crippen LogP contribution in [-0.4, -0.2) is 23.0 Å². The Hall–Kier alpha value is -0.110. The molecule has 9 heavy (non-hydrogen) atoms. The zero-order valence-electron chi connectivity index (χ0n) is 6.05. The molecule has 1 fully saturated rings. The van der Waals surface area contributed by atoms with Crippen LogP contribution in [0.4, 0.5) is 0 Å². The van der Waals surface area contributed by atoms with E-state index in [1.807, 2.05) is 6.92 Å². The fraction of sp³-hybridized carbons (Fsp3) is 0.857. The lowest BCUT2D eigenvalue weighted by atomic mass is 10.2. The molecular weight excluding hydrogens is 130 g/mol. The maximum Gasteiger partial charge on any atom is 0.0747 e. The van der Waals surface area contributed by atoms with Crippen molar-refractivity contribution in [2.24, 2.45) is 5.92 Å². The van der Waals surface area contributed by atoms with Crippen LogP contribution < -0.4 is 0 Å². The number of thiocarbonyl (C=S) groups is 1. The van der Waals surface area contributed by atoms with Gasteiger partial charge in [-0.1, -0.05) is 19.1 Å². The third kappa shape index (κ3) is 1.65. The van der Waals surface area contributed by atoms with E-state index in [0.29, 0.717) is 0 Å². The van der Waals surface area contributed by atoms with Gasteiger partial charge in [0.15, 0.2) is 0 Å². The molecule has 0 aromatic carbocycles. The first-order valence-corrected chi connectivity index (χ1v) is 3.86. The molecule has 0 saturated carbocycles. The Morgan fingerprint density at radius 3 is 2.56 bits per heavy atom. The summed E-state index contributed by atoms with van der Waals surface area (Å²) >= 11 is 5.03. The van der Waals surface area contributed by atoms with Crippen LogP contribution in [0.2, 0.25) is 0 Å². The topological polar surface area (TPSA) is 3.24 Å². The van der Waals surface area contributed by atoms with Crippen LogP contribution in [0.5, 0.6) is 0 Å². The summed E-state index contributed by atoms with van der Waals surface area (Å²) in [6.07, 6.45) is 1.31. The Morgan fingerprint density at radius 1 is 1.67 bits per heavy atom. The highest BCUT2D eigenvalue weighted by molar-refractivity contribution is 7.80. The van der Waals surface area contributed by atoms with Crippen molar-refractivity contribution >= 4 is 17.2 Å². The van der Waals surface area contributed by atoms with Gasteiger partial charge >= 0.3 is 0 Å². The molecule has 1 aliphatic heterocycles. The average molecular weight is 143 g/mol. The summed E-state index contributed by atoms with van der Waals surface area (Å²) in [5.74, 6) is 0.850. The Kier molecular flexibility index (Phi) is 2.06. The predicted octanol–water partition coefficient (Wildman–Crippen LogP) is 1.68. The molecule has 0 aromatic heterocycles. The second-order valence-corrected chi connectivity index (χ2v) is 3.45. The summed E-state index contributed by atoms with van der Waals surface area (Å²) in [5, 5.41) is 0. The van der Waals surface area contributed by atoms with Crippen LogP contribution in [-0.2, 0) is 0 Å². The molecule has 0 spiro atoms. The van der Waals surface area contributed by atoms with Gasteiger partial charge in [-0.2, -0.15) is 0 Å². The largest absolute Gasteiger partial charge is 0.366 e. The number of rotatable bonds is 0. The first kappa shape index (κ1) is 7.00. The minimum Gasteiger partial charge on any atom is -0.366 e. The van der Waals surface area contributed by atoms with Gasteiger partial charge < -0.3 is 4.90 Å². The number of nitrogens with zero attached hydrogens (tertiary/aromatic N) is 1. The lowest BCUT2D eigenvalue weighted by Gasteiger charge is -2.14. The smallest absolute Gasteiger partial charge is 0.0747 e. The summed E-state index contributed by atoms with van der Waals surface area (Å²) in [5.41, 5.74) is 0. The molecule has 1 rings (SSSR count). The molecule has 1 aliphatic rings. The van der Waals surface area contributed by atoms with Crippen LogP contribution >= 0.6 is 12.2 Å². The summed E-state index contributed by atoms with van der Waals surface area (Å²) in [7, 11) is 0. The second kappa shape index (κ2) is 2.65. The van der Waals surface area contributed by atoms with Gasteiger partial charge in [-0.15, -0.1) is 0 Å². The van der Waals surface area contributed by atoms with E-state index in [-0.39, 0.29) is 0 Å². The standard InChI is InChI=1S/C7H13NS/c1-6-3-4-8(5-6)7(2)9/h6H,3-5H2,1-2H3. The molecule has 0 aromatic rings. The molecular formula is C7H13NS. The highest BCUT2D eigenvalue weighted by atomic mass is 32.1. The molecule has 1 saturated heterocycles. The van der Waals surface area contributed by atoms with E-state index in [1.165, 1.54) is 19.5 Å². The van der Waals surface area contributed by atoms with E-state index in [4.69, 9.17) is 12.2 Å². The summed E-state index contributed by atoms with van der Waals surface area (Å²) in [6.45, 7) is 6.64. The van der Waals surface area contributed by atoms with Crippen molar-refractivity contribution in [3.05, 3.63) is 0 Å². The number of hydrogen-bond donors (Lipinski definition) is 0. The number of hydrogen-bond acceptors (Lipinski definition) is 1. The lowest BCUT2D eigenvalue weighted by Crippen LogP contribution is -2.23. The zero-order valence-corrected chi connectivity index (χ0v) is 6.87. The quantitative estimate of drug-likeness (QED) is 0.475. The highest BCUT2D eigenvalue weighted by Gasteiger charge is 2.17. The first-order chi connectivity index (χ1) is 4.20. The van der Waals surface area contributed by atoms with E-state index >= 15 is 0 Å². The van der Waals surface area contributed by atoms with Gasteiger partial charge in [0, 0.05) is 13.1 Å². The average Bonchev–Trinajstić information content (AvgIpc) is 2.14. The van der Waals surface area contributed by atoms with Crippen molar-refractivity contribution in [2.75, 3.05) is 13.1 Å². The maximum absolute atomic E-state index is 5.03. The van der Waals surface area contributed by atoms with Crippen LogP contribution in [0.25, 0.3) is 0 Å². The van der Waals surface area contributed by atoms with E-state index in [0.717, 1.165) is 10.9 Å². The van der Waals surface area contributed by atoms with E-state index < -0.39 is 0 Å². The van der Waals surface area contributed by atoms with Gasteiger partial charge in [0.05, 0.1) is 4.99 Å². The van der Waals surface area contributed by atoms with Crippen LogP contribution in [0.15, 0.2) is 0 Å². The third-order valence-corrected chi connectivity index (χ3v) is 2.13. The van der Waals surface area contributed by atoms with Crippen LogP contribution in [0, 0.1) is 5.92 Å².